The minimum absolute atomic E-state index is 0.0196. The van der Waals surface area contributed by atoms with Gasteiger partial charge < -0.3 is 15.5 Å². The molecule has 0 spiro atoms. The Kier molecular flexibility index (Phi) is 19.7. The Morgan fingerprint density at radius 3 is 1.94 bits per heavy atom. The first kappa shape index (κ1) is 66.9. The van der Waals surface area contributed by atoms with E-state index in [9.17, 15) is 69.9 Å². The molecule has 6 aromatic rings. The molecule has 0 saturated carbocycles. The standard InChI is InChI=1S/C54H58N8O16S5.O3S/c1-6-7-23-61-43-17-11-33-9-14-36(81(70,71)72)26-40(33)50(43)53(2,3)46(61)19-12-34(42-16-10-35(29-57-42)52(64)56-22-21-49(63)60-32-48-58-30-38(31-59-48)80(55,68)69)13-20-47-54(4,5)51-41-27-37(82(73,74)75)28-45(83(76,77)78)39(41)15-18-44(51)62(47)24-8-25-79(65,66)67;1-4(2)3/h9-20,26-31H,6-8,21-25,32H2,1-5H3,(H7-,55,56,60,63,64,65,66,67,68,69,70,71,72,73,74,75,76,77,78);/p+1. The molecule has 0 bridgehead atoms. The average Bonchev–Trinajstić information content (AvgIpc) is 1.66. The van der Waals surface area contributed by atoms with Crippen molar-refractivity contribution in [1.29, 1.82) is 0 Å². The molecule has 8 N–H and O–H groups in total. The lowest BCUT2D eigenvalue weighted by Gasteiger charge is -2.27. The Morgan fingerprint density at radius 1 is 0.713 bits per heavy atom. The summed E-state index contributed by atoms with van der Waals surface area (Å²) in [4.78, 5) is 38.1. The highest BCUT2D eigenvalue weighted by Gasteiger charge is 2.46. The van der Waals surface area contributed by atoms with Crippen LogP contribution in [0.1, 0.15) is 93.3 Å². The van der Waals surface area contributed by atoms with Crippen LogP contribution in [0, 0.1) is 0 Å². The van der Waals surface area contributed by atoms with E-state index in [0.717, 1.165) is 53.7 Å². The number of amides is 2. The molecule has 2 amide bonds. The summed E-state index contributed by atoms with van der Waals surface area (Å²) in [5, 5.41) is 11.6. The number of hydrogen-bond acceptors (Lipinski definition) is 19. The summed E-state index contributed by atoms with van der Waals surface area (Å²) >= 11 is 0. The lowest BCUT2D eigenvalue weighted by atomic mass is 9.79. The van der Waals surface area contributed by atoms with Gasteiger partial charge in [0.15, 0.2) is 5.71 Å². The zero-order chi connectivity index (χ0) is 64.4. The van der Waals surface area contributed by atoms with Gasteiger partial charge in [-0.3, -0.25) is 32.8 Å². The minimum Gasteiger partial charge on any atom is -0.351 e. The van der Waals surface area contributed by atoms with E-state index < -0.39 is 99.3 Å². The molecule has 0 saturated heterocycles. The molecule has 464 valence electrons. The monoisotopic (exact) mass is 1320 g/mol. The van der Waals surface area contributed by atoms with Crippen molar-refractivity contribution < 1.29 is 87.1 Å². The quantitative estimate of drug-likeness (QED) is 0.0290. The number of carbonyl (C=O) groups excluding carboxylic acids is 2. The van der Waals surface area contributed by atoms with Crippen molar-refractivity contribution in [3.05, 3.63) is 144 Å². The number of nitrogens with zero attached hydrogens (tertiary/aromatic N) is 5. The van der Waals surface area contributed by atoms with Crippen LogP contribution in [-0.2, 0) is 83.3 Å². The summed E-state index contributed by atoms with van der Waals surface area (Å²) in [6.45, 7) is 9.75. The van der Waals surface area contributed by atoms with Gasteiger partial charge in [-0.15, -0.1) is 12.6 Å². The normalized spacial score (nSPS) is 15.6. The van der Waals surface area contributed by atoms with Gasteiger partial charge in [0.25, 0.3) is 46.4 Å². The number of sulfonamides is 1. The predicted octanol–water partition coefficient (Wildman–Crippen LogP) is 4.77. The van der Waals surface area contributed by atoms with Gasteiger partial charge in [0.1, 0.15) is 22.2 Å². The van der Waals surface area contributed by atoms with E-state index in [-0.39, 0.29) is 64.4 Å². The zero-order valence-electron chi connectivity index (χ0n) is 46.9. The van der Waals surface area contributed by atoms with Crippen molar-refractivity contribution in [2.24, 2.45) is 5.14 Å². The van der Waals surface area contributed by atoms with Crippen LogP contribution in [0.15, 0.2) is 135 Å². The highest BCUT2D eigenvalue weighted by Crippen LogP contribution is 2.52. The molecule has 8 rings (SSSR count). The number of primary sulfonamides is 1. The fourth-order valence-electron chi connectivity index (χ4n) is 10.4. The number of unbranched alkanes of at least 4 members (excludes halogenated alkanes) is 1. The predicted molar refractivity (Wildman–Crippen MR) is 318 cm³/mol. The molecule has 2 aromatic heterocycles. The van der Waals surface area contributed by atoms with E-state index in [1.165, 1.54) is 36.5 Å². The topological polar surface area (TPSA) is 432 Å². The molecule has 33 heteroatoms. The summed E-state index contributed by atoms with van der Waals surface area (Å²) in [7, 11) is -26.3. The van der Waals surface area contributed by atoms with Crippen molar-refractivity contribution in [2.75, 3.05) is 30.3 Å². The van der Waals surface area contributed by atoms with Crippen molar-refractivity contribution in [3.63, 3.8) is 0 Å². The van der Waals surface area contributed by atoms with Crippen molar-refractivity contribution in [3.8, 4) is 0 Å². The maximum absolute atomic E-state index is 13.5. The summed E-state index contributed by atoms with van der Waals surface area (Å²) in [6, 6.07) is 15.9. The first-order chi connectivity index (χ1) is 40.3. The van der Waals surface area contributed by atoms with Crippen molar-refractivity contribution in [2.45, 2.75) is 97.3 Å². The zero-order valence-corrected chi connectivity index (χ0v) is 51.8. The Balaban J connectivity index is 0.00000262. The Bertz CT molecular complexity index is 4630. The van der Waals surface area contributed by atoms with Gasteiger partial charge in [0, 0.05) is 77.6 Å². The number of aromatic nitrogens is 3. The summed E-state index contributed by atoms with van der Waals surface area (Å²) in [6.07, 6.45) is 11.7. The third-order valence-corrected chi connectivity index (χ3v) is 18.6. The summed E-state index contributed by atoms with van der Waals surface area (Å²) in [5.74, 6) is -1.60. The van der Waals surface area contributed by atoms with E-state index >= 15 is 0 Å². The number of allylic oxidation sites excluding steroid dienone is 6. The molecule has 0 atom stereocenters. The molecule has 4 heterocycles. The Hall–Kier alpha value is -7.57. The van der Waals surface area contributed by atoms with Crippen LogP contribution < -0.4 is 20.7 Å². The molecule has 2 aliphatic heterocycles. The van der Waals surface area contributed by atoms with Crippen LogP contribution in [0.2, 0.25) is 0 Å². The number of rotatable bonds is 21. The number of benzene rings is 4. The fourth-order valence-corrected chi connectivity index (χ4v) is 13.2. The Morgan fingerprint density at radius 2 is 1.36 bits per heavy atom. The number of fused-ring (bicyclic) bond motifs is 6. The van der Waals surface area contributed by atoms with Crippen LogP contribution in [0.25, 0.3) is 27.1 Å². The maximum atomic E-state index is 13.5. The highest BCUT2D eigenvalue weighted by molar-refractivity contribution is 7.89. The average molecular weight is 1320 g/mol. The molecule has 4 aromatic carbocycles. The van der Waals surface area contributed by atoms with Gasteiger partial charge in [-0.05, 0) is 103 Å². The molecular formula is C54H59N8O19S6+. The molecule has 0 radical (unpaired) electrons. The lowest BCUT2D eigenvalue weighted by molar-refractivity contribution is -0.438. The smallest absolute Gasteiger partial charge is 0.351 e. The van der Waals surface area contributed by atoms with Crippen LogP contribution in [0.3, 0.4) is 0 Å². The number of pyridine rings is 1. The number of nitrogens with two attached hydrogens (primary N) is 1. The largest absolute Gasteiger partial charge is 0.425 e. The second-order valence-corrected chi connectivity index (χ2v) is 28.8. The van der Waals surface area contributed by atoms with Crippen LogP contribution in [0.5, 0.6) is 0 Å². The first-order valence-corrected chi connectivity index (χ1v) is 34.5. The van der Waals surface area contributed by atoms with Gasteiger partial charge in [-0.25, -0.2) is 23.5 Å². The molecule has 27 nitrogen and oxygen atoms in total. The van der Waals surface area contributed by atoms with Crippen molar-refractivity contribution >= 4 is 117 Å². The van der Waals surface area contributed by atoms with Gasteiger partial charge in [-0.1, -0.05) is 45.4 Å². The number of hydrogen-bond donors (Lipinski definition) is 7. The van der Waals surface area contributed by atoms with Gasteiger partial charge in [0.2, 0.25) is 21.6 Å². The molecule has 0 aliphatic carbocycles. The fraction of sp³-hybridized carbons (Fsp3) is 0.296. The van der Waals surface area contributed by atoms with Gasteiger partial charge in [0.05, 0.1) is 51.2 Å². The molecule has 0 unspecified atom stereocenters. The SMILES string of the molecule is CCCC[N+]1=C(/C=C/C(=C/C=C2/N(CCCS(=O)(=O)O)c3ccc4c(S(=O)(=O)O)cc(S(=O)(=O)O)cc4c3C2(C)C)c2ccc(C(=O)NCCC(=O)NCc3ncc(S(N)(=O)=O)cn3)cn2)C(C)(C)c2c1ccc1ccc(S(=O)(=O)O)cc21.O=S(=O)=O. The molecule has 2 aliphatic rings. The lowest BCUT2D eigenvalue weighted by Crippen LogP contribution is -2.31. The minimum atomic E-state index is -5.10. The molecular weight excluding hydrogens is 1260 g/mol. The number of nitrogens with one attached hydrogen (secondary N) is 2. The first-order valence-electron chi connectivity index (χ1n) is 26.1. The van der Waals surface area contributed by atoms with Crippen LogP contribution >= 0.6 is 0 Å². The van der Waals surface area contributed by atoms with Crippen LogP contribution in [0.4, 0.5) is 11.4 Å². The highest BCUT2D eigenvalue weighted by atomic mass is 32.2. The summed E-state index contributed by atoms with van der Waals surface area (Å²) < 4.78 is 191. The third kappa shape index (κ3) is 15.6. The van der Waals surface area contributed by atoms with E-state index in [1.807, 2.05) is 39.0 Å². The van der Waals surface area contributed by atoms with Crippen molar-refractivity contribution in [1.82, 2.24) is 25.6 Å². The number of carbonyl (C=O) groups is 2. The van der Waals surface area contributed by atoms with Gasteiger partial charge >= 0.3 is 10.6 Å². The van der Waals surface area contributed by atoms with E-state index in [0.29, 0.717) is 46.2 Å². The van der Waals surface area contributed by atoms with E-state index in [4.69, 9.17) is 22.7 Å². The van der Waals surface area contributed by atoms with Gasteiger partial charge in [-0.2, -0.15) is 38.2 Å². The van der Waals surface area contributed by atoms with E-state index in [2.05, 4.69) is 25.2 Å². The Labute approximate surface area is 503 Å². The molecule has 87 heavy (non-hydrogen) atoms. The maximum Gasteiger partial charge on any atom is 0.425 e. The van der Waals surface area contributed by atoms with Crippen LogP contribution in [-0.4, -0.2) is 135 Å². The second-order valence-electron chi connectivity index (χ2n) is 21.0. The van der Waals surface area contributed by atoms with E-state index in [1.54, 1.807) is 49.1 Å². The third-order valence-electron chi connectivity index (χ3n) is 14.4. The molecule has 0 fully saturated rings. The summed E-state index contributed by atoms with van der Waals surface area (Å²) in [5.41, 5.74) is 2.38. The second kappa shape index (κ2) is 25.6. The number of anilines is 1.